The summed E-state index contributed by atoms with van der Waals surface area (Å²) >= 11 is 0. The number of quaternary nitrogens is 1. The normalized spacial score (nSPS) is 19.6. The number of fused-ring (bicyclic) bond motifs is 3. The summed E-state index contributed by atoms with van der Waals surface area (Å²) < 4.78 is 1.25. The molecule has 0 spiro atoms. The van der Waals surface area contributed by atoms with Crippen molar-refractivity contribution in [2.75, 3.05) is 13.1 Å². The summed E-state index contributed by atoms with van der Waals surface area (Å²) in [7, 11) is 0. The highest BCUT2D eigenvalue weighted by molar-refractivity contribution is 5.85. The minimum Gasteiger partial charge on any atom is -0.494 e. The van der Waals surface area contributed by atoms with Gasteiger partial charge in [0.05, 0.1) is 18.8 Å². The van der Waals surface area contributed by atoms with Crippen LogP contribution in [0, 0.1) is 0 Å². The van der Waals surface area contributed by atoms with Crippen molar-refractivity contribution in [3.05, 3.63) is 61.9 Å². The van der Waals surface area contributed by atoms with Crippen LogP contribution in [0.1, 0.15) is 49.7 Å². The molecule has 0 saturated carbocycles. The second-order valence-corrected chi connectivity index (χ2v) is 7.47. The third kappa shape index (κ3) is 2.61. The lowest BCUT2D eigenvalue weighted by Gasteiger charge is -2.32. The zero-order valence-corrected chi connectivity index (χ0v) is 15.8. The van der Waals surface area contributed by atoms with Gasteiger partial charge in [0.15, 0.2) is 6.04 Å². The van der Waals surface area contributed by atoms with Crippen LogP contribution in [0.15, 0.2) is 33.9 Å². The van der Waals surface area contributed by atoms with Gasteiger partial charge in [-0.1, -0.05) is 18.2 Å². The first-order valence-corrected chi connectivity index (χ1v) is 9.45. The van der Waals surface area contributed by atoms with Crippen LogP contribution in [-0.4, -0.2) is 32.7 Å². The fraction of sp³-hybridized carbons (Fsp3) is 0.400. The Morgan fingerprint density at radius 1 is 1.26 bits per heavy atom. The van der Waals surface area contributed by atoms with Crippen LogP contribution in [0.25, 0.3) is 10.9 Å². The lowest BCUT2D eigenvalue weighted by atomic mass is 9.93. The summed E-state index contributed by atoms with van der Waals surface area (Å²) in [6.45, 7) is 7.35. The molecule has 0 bridgehead atoms. The number of H-pyrrole nitrogens is 2. The van der Waals surface area contributed by atoms with Gasteiger partial charge in [0, 0.05) is 23.4 Å². The van der Waals surface area contributed by atoms with Crippen LogP contribution in [-0.2, 0) is 6.42 Å². The van der Waals surface area contributed by atoms with Crippen molar-refractivity contribution in [1.29, 1.82) is 0 Å². The molecule has 4 rings (SSSR count). The molecule has 0 fully saturated rings. The largest absolute Gasteiger partial charge is 0.494 e. The first kappa shape index (κ1) is 17.6. The van der Waals surface area contributed by atoms with Crippen molar-refractivity contribution in [3.63, 3.8) is 0 Å². The lowest BCUT2D eigenvalue weighted by molar-refractivity contribution is -0.926. The molecule has 1 aliphatic heterocycles. The molecule has 3 heterocycles. The van der Waals surface area contributed by atoms with Crippen LogP contribution in [0.2, 0.25) is 0 Å². The summed E-state index contributed by atoms with van der Waals surface area (Å²) in [5.74, 6) is -0.235. The van der Waals surface area contributed by atoms with E-state index < -0.39 is 11.2 Å². The molecular formula is C20H25N4O3+. The highest BCUT2D eigenvalue weighted by Gasteiger charge is 2.39. The number of aromatic hydroxyl groups is 1. The molecule has 1 aromatic carbocycles. The van der Waals surface area contributed by atoms with Crippen LogP contribution < -0.4 is 16.1 Å². The Kier molecular flexibility index (Phi) is 4.19. The molecule has 1 unspecified atom stereocenters. The van der Waals surface area contributed by atoms with Gasteiger partial charge in [-0.2, -0.15) is 0 Å². The van der Waals surface area contributed by atoms with E-state index in [-0.39, 0.29) is 23.5 Å². The van der Waals surface area contributed by atoms with Crippen LogP contribution in [0.4, 0.5) is 0 Å². The Labute approximate surface area is 156 Å². The first-order valence-electron chi connectivity index (χ1n) is 9.45. The van der Waals surface area contributed by atoms with E-state index in [1.54, 1.807) is 0 Å². The Morgan fingerprint density at radius 2 is 2.00 bits per heavy atom. The van der Waals surface area contributed by atoms with Crippen LogP contribution >= 0.6 is 0 Å². The molecular weight excluding hydrogens is 344 g/mol. The molecule has 1 aliphatic rings. The number of hydrogen-bond donors (Lipinski definition) is 4. The highest BCUT2D eigenvalue weighted by Crippen LogP contribution is 2.33. The minimum atomic E-state index is -0.582. The first-order chi connectivity index (χ1) is 12.9. The van der Waals surface area contributed by atoms with Gasteiger partial charge in [0.1, 0.15) is 5.56 Å². The fourth-order valence-electron chi connectivity index (χ4n) is 4.39. The van der Waals surface area contributed by atoms with E-state index in [2.05, 4.69) is 23.0 Å². The molecule has 142 valence electrons. The number of rotatable bonds is 3. The van der Waals surface area contributed by atoms with Crippen LogP contribution in [0.5, 0.6) is 5.88 Å². The predicted molar refractivity (Wildman–Crippen MR) is 104 cm³/mol. The van der Waals surface area contributed by atoms with E-state index >= 15 is 0 Å². The molecule has 2 atom stereocenters. The Bertz CT molecular complexity index is 1120. The van der Waals surface area contributed by atoms with Gasteiger partial charge >= 0.3 is 5.69 Å². The van der Waals surface area contributed by atoms with Gasteiger partial charge in [-0.05, 0) is 32.4 Å². The smallest absolute Gasteiger partial charge is 0.331 e. The molecule has 27 heavy (non-hydrogen) atoms. The quantitative estimate of drug-likeness (QED) is 0.551. The summed E-state index contributed by atoms with van der Waals surface area (Å²) in [5, 5.41) is 12.1. The summed E-state index contributed by atoms with van der Waals surface area (Å²) in [6.07, 6.45) is 0.904. The second-order valence-electron chi connectivity index (χ2n) is 7.47. The minimum absolute atomic E-state index is 0.235. The average molecular weight is 369 g/mol. The maximum absolute atomic E-state index is 12.8. The molecule has 0 saturated heterocycles. The molecule has 7 nitrogen and oxygen atoms in total. The third-order valence-electron chi connectivity index (χ3n) is 5.65. The van der Waals surface area contributed by atoms with Crippen molar-refractivity contribution in [1.82, 2.24) is 14.5 Å². The fourth-order valence-corrected chi connectivity index (χ4v) is 4.39. The number of likely N-dealkylation sites (N-methyl/N-ethyl adjacent to an activating group) is 1. The van der Waals surface area contributed by atoms with Crippen molar-refractivity contribution in [2.45, 2.75) is 39.3 Å². The highest BCUT2D eigenvalue weighted by atomic mass is 16.3. The van der Waals surface area contributed by atoms with Gasteiger partial charge in [-0.3, -0.25) is 14.3 Å². The zero-order valence-electron chi connectivity index (χ0n) is 15.8. The van der Waals surface area contributed by atoms with Crippen molar-refractivity contribution >= 4 is 10.9 Å². The molecule has 2 aromatic heterocycles. The Balaban J connectivity index is 2.03. The molecule has 0 radical (unpaired) electrons. The van der Waals surface area contributed by atoms with Gasteiger partial charge in [-0.15, -0.1) is 0 Å². The summed E-state index contributed by atoms with van der Waals surface area (Å²) in [6, 6.07) is 7.48. The molecule has 3 aromatic rings. The lowest BCUT2D eigenvalue weighted by Crippen LogP contribution is -3.13. The maximum Gasteiger partial charge on any atom is 0.331 e. The van der Waals surface area contributed by atoms with E-state index in [0.29, 0.717) is 0 Å². The van der Waals surface area contributed by atoms with Crippen molar-refractivity contribution in [3.8, 4) is 5.88 Å². The van der Waals surface area contributed by atoms with E-state index in [1.165, 1.54) is 15.0 Å². The number of para-hydroxylation sites is 1. The molecule has 4 N–H and O–H groups in total. The van der Waals surface area contributed by atoms with Gasteiger partial charge < -0.3 is 15.0 Å². The monoisotopic (exact) mass is 369 g/mol. The predicted octanol–water partition coefficient (Wildman–Crippen LogP) is 0.855. The van der Waals surface area contributed by atoms with E-state index in [1.807, 2.05) is 32.0 Å². The third-order valence-corrected chi connectivity index (χ3v) is 5.65. The standard InChI is InChI=1S/C20H24N4O3/c1-4-23-10-9-13-12-7-5-6-8-14(12)21-16(13)17(23)15-18(25)22-20(27)24(11(2)3)19(15)26/h5-8,11,17,21,26H,4,9-10H2,1-3H3,(H,22,25,27)/p+1/t17-/m0/s1. The maximum atomic E-state index is 12.8. The van der Waals surface area contributed by atoms with Gasteiger partial charge in [-0.25, -0.2) is 4.79 Å². The van der Waals surface area contributed by atoms with Gasteiger partial charge in [0.2, 0.25) is 5.88 Å². The zero-order chi connectivity index (χ0) is 19.3. The molecule has 7 heteroatoms. The summed E-state index contributed by atoms with van der Waals surface area (Å²) in [4.78, 5) is 32.0. The van der Waals surface area contributed by atoms with Crippen LogP contribution in [0.3, 0.4) is 0 Å². The second kappa shape index (κ2) is 6.42. The van der Waals surface area contributed by atoms with Gasteiger partial charge in [0.25, 0.3) is 5.56 Å². The number of benzene rings is 1. The summed E-state index contributed by atoms with van der Waals surface area (Å²) in [5.41, 5.74) is 2.33. The number of aromatic nitrogens is 3. The van der Waals surface area contributed by atoms with E-state index in [0.717, 1.165) is 36.1 Å². The number of hydrogen-bond acceptors (Lipinski definition) is 3. The Hall–Kier alpha value is -2.80. The SMILES string of the molecule is CC[NH+]1CCc2c([nH]c3ccccc23)[C@@H]1c1c(O)n(C(C)C)c(=O)[nH]c1=O. The Morgan fingerprint density at radius 3 is 2.70 bits per heavy atom. The number of aromatic amines is 2. The number of nitrogens with one attached hydrogen (secondary N) is 3. The van der Waals surface area contributed by atoms with E-state index in [9.17, 15) is 14.7 Å². The number of nitrogens with zero attached hydrogens (tertiary/aromatic N) is 1. The molecule has 0 aliphatic carbocycles. The van der Waals surface area contributed by atoms with Crippen molar-refractivity contribution < 1.29 is 10.0 Å². The molecule has 0 amide bonds. The average Bonchev–Trinajstić information content (AvgIpc) is 3.00. The van der Waals surface area contributed by atoms with Crippen molar-refractivity contribution in [2.24, 2.45) is 0 Å². The topological polar surface area (TPSA) is 95.3 Å². The van der Waals surface area contributed by atoms with E-state index in [4.69, 9.17) is 0 Å².